The van der Waals surface area contributed by atoms with Gasteiger partial charge in [-0.05, 0) is 99.6 Å². The summed E-state index contributed by atoms with van der Waals surface area (Å²) >= 11 is 0. The molecule has 7 heteroatoms. The summed E-state index contributed by atoms with van der Waals surface area (Å²) in [4.78, 5) is 13.3. The summed E-state index contributed by atoms with van der Waals surface area (Å²) in [5.74, 6) is 1.02. The molecule has 2 aromatic carbocycles. The molecule has 2 heterocycles. The van der Waals surface area contributed by atoms with Crippen LogP contribution >= 0.6 is 0 Å². The van der Waals surface area contributed by atoms with Crippen molar-refractivity contribution in [2.24, 2.45) is 29.6 Å². The molecule has 2 aliphatic rings. The first kappa shape index (κ1) is 41.1. The van der Waals surface area contributed by atoms with Gasteiger partial charge in [0.25, 0.3) is 0 Å². The number of rotatable bonds is 11. The molecule has 4 unspecified atom stereocenters. The van der Waals surface area contributed by atoms with E-state index in [1.165, 1.54) is 50.1 Å². The van der Waals surface area contributed by atoms with Crippen LogP contribution in [0.5, 0.6) is 0 Å². The monoisotopic (exact) mass is 667 g/mol. The number of nitrogens with zero attached hydrogens (tertiary/aromatic N) is 3. The average molecular weight is 668 g/mol. The fourth-order valence-electron chi connectivity index (χ4n) is 7.23. The number of aryl methyl sites for hydroxylation is 1. The van der Waals surface area contributed by atoms with Crippen molar-refractivity contribution in [2.45, 2.75) is 113 Å². The Hall–Kier alpha value is -3.06. The number of halogens is 2. The zero-order valence-electron chi connectivity index (χ0n) is 29.7. The predicted octanol–water partition coefficient (Wildman–Crippen LogP) is 10.5. The van der Waals surface area contributed by atoms with Crippen molar-refractivity contribution in [3.05, 3.63) is 89.2 Å². The molecule has 0 radical (unpaired) electrons. The Kier molecular flexibility index (Phi) is 18.1. The molecule has 1 aromatic heterocycles. The molecule has 1 N–H and O–H groups in total. The van der Waals surface area contributed by atoms with Gasteiger partial charge in [-0.2, -0.15) is 5.10 Å². The van der Waals surface area contributed by atoms with Crippen molar-refractivity contribution in [3.63, 3.8) is 0 Å². The fourth-order valence-corrected chi connectivity index (χ4v) is 7.23. The zero-order valence-corrected chi connectivity index (χ0v) is 29.7. The molecule has 0 spiro atoms. The van der Waals surface area contributed by atoms with Gasteiger partial charge < -0.3 is 10.0 Å². The summed E-state index contributed by atoms with van der Waals surface area (Å²) in [6.07, 6.45) is 8.58. The Bertz CT molecular complexity index is 1290. The fraction of sp³-hybridized carbons (Fsp3) is 0.610. The van der Waals surface area contributed by atoms with Crippen LogP contribution in [-0.4, -0.2) is 45.4 Å². The van der Waals surface area contributed by atoms with Crippen molar-refractivity contribution >= 4 is 5.97 Å². The number of aliphatic carboxylic acids is 1. The normalized spacial score (nSPS) is 20.2. The van der Waals surface area contributed by atoms with Crippen molar-refractivity contribution in [1.29, 1.82) is 0 Å². The van der Waals surface area contributed by atoms with E-state index in [1.54, 1.807) is 6.07 Å². The smallest absolute Gasteiger partial charge is 0.306 e. The maximum absolute atomic E-state index is 13.5. The molecular formula is C41H63F2N3O2. The molecule has 1 saturated heterocycles. The second kappa shape index (κ2) is 21.1. The number of piperidine rings is 1. The summed E-state index contributed by atoms with van der Waals surface area (Å²) < 4.78 is 28.9. The molecule has 1 saturated carbocycles. The number of aromatic nitrogens is 2. The maximum Gasteiger partial charge on any atom is 0.306 e. The van der Waals surface area contributed by atoms with Gasteiger partial charge >= 0.3 is 5.97 Å². The average Bonchev–Trinajstić information content (AvgIpc) is 3.61. The first-order chi connectivity index (χ1) is 22.5. The number of unbranched alkanes of at least 4 members (excludes halogenated alkanes) is 1. The molecular weight excluding hydrogens is 604 g/mol. The van der Waals surface area contributed by atoms with Crippen LogP contribution in [0.2, 0.25) is 0 Å². The number of carbonyl (C=O) groups is 1. The molecule has 48 heavy (non-hydrogen) atoms. The largest absolute Gasteiger partial charge is 0.481 e. The van der Waals surface area contributed by atoms with Crippen LogP contribution in [0, 0.1) is 41.2 Å². The molecule has 0 bridgehead atoms. The Labute approximate surface area is 290 Å². The van der Waals surface area contributed by atoms with E-state index in [-0.39, 0.29) is 19.3 Å². The molecule has 3 aromatic rings. The molecule has 1 aliphatic heterocycles. The lowest BCUT2D eigenvalue weighted by molar-refractivity contribution is -0.143. The number of hydrogen-bond donors (Lipinski definition) is 1. The lowest BCUT2D eigenvalue weighted by Crippen LogP contribution is -2.37. The number of carboxylic acid groups (broad SMARTS) is 1. The highest BCUT2D eigenvalue weighted by atomic mass is 19.2. The number of hydrogen-bond acceptors (Lipinski definition) is 3. The van der Waals surface area contributed by atoms with E-state index in [0.717, 1.165) is 67.9 Å². The lowest BCUT2D eigenvalue weighted by Gasteiger charge is -2.34. The molecule has 5 rings (SSSR count). The van der Waals surface area contributed by atoms with Gasteiger partial charge in [0, 0.05) is 31.1 Å². The van der Waals surface area contributed by atoms with Crippen LogP contribution in [0.15, 0.2) is 60.7 Å². The van der Waals surface area contributed by atoms with Gasteiger partial charge in [-0.1, -0.05) is 97.4 Å². The Balaban J connectivity index is 0.000000367. The minimum absolute atomic E-state index is 0. The van der Waals surface area contributed by atoms with Gasteiger partial charge in [-0.25, -0.2) is 8.78 Å². The van der Waals surface area contributed by atoms with Crippen LogP contribution in [0.25, 0.3) is 0 Å². The SMILES string of the molecule is C.CCCCC(C(=O)O)C(C)C.CCn1nc(Cc2ccc(F)c(F)c2)cc1C1CCN(CC2CC(C)CC2C)CC1.c1ccccc1. The minimum atomic E-state index is -0.799. The second-order valence-corrected chi connectivity index (χ2v) is 14.2. The molecule has 4 atom stereocenters. The third-order valence-corrected chi connectivity index (χ3v) is 9.97. The lowest BCUT2D eigenvalue weighted by atomic mass is 9.91. The van der Waals surface area contributed by atoms with Crippen molar-refractivity contribution in [3.8, 4) is 0 Å². The summed E-state index contributed by atoms with van der Waals surface area (Å²) in [6, 6.07) is 18.3. The van der Waals surface area contributed by atoms with Crippen LogP contribution in [-0.2, 0) is 17.8 Å². The van der Waals surface area contributed by atoms with Crippen molar-refractivity contribution in [1.82, 2.24) is 14.7 Å². The van der Waals surface area contributed by atoms with Crippen LogP contribution in [0.4, 0.5) is 8.78 Å². The van der Waals surface area contributed by atoms with E-state index in [9.17, 15) is 13.6 Å². The van der Waals surface area contributed by atoms with Gasteiger partial charge in [0.05, 0.1) is 11.6 Å². The van der Waals surface area contributed by atoms with Crippen LogP contribution < -0.4 is 0 Å². The number of likely N-dealkylation sites (tertiary alicyclic amines) is 1. The Morgan fingerprint density at radius 1 is 0.958 bits per heavy atom. The van der Waals surface area contributed by atoms with Crippen molar-refractivity contribution < 1.29 is 18.7 Å². The topological polar surface area (TPSA) is 58.4 Å². The Morgan fingerprint density at radius 3 is 2.06 bits per heavy atom. The van der Waals surface area contributed by atoms with E-state index in [2.05, 4.69) is 43.3 Å². The highest BCUT2D eigenvalue weighted by Crippen LogP contribution is 2.37. The standard InChI is InChI=1S/C25H35F2N3.C9H18O2.C6H6.CH4/c1-4-30-25(15-22(28-30)13-19-5-6-23(26)24(27)14-19)20-7-9-29(10-8-20)16-21-12-17(2)11-18(21)3;1-4-5-6-8(7(2)3)9(10)11;1-2-4-6-5-3-1;/h5-6,14-15,17-18,20-21H,4,7-13,16H2,1-3H3;7-8H,4-6H2,1-3H3,(H,10,11);1-6H;1H4. The van der Waals surface area contributed by atoms with Gasteiger partial charge in [0.1, 0.15) is 0 Å². The molecule has 2 fully saturated rings. The first-order valence-electron chi connectivity index (χ1n) is 18.0. The number of carboxylic acids is 1. The molecule has 1 aliphatic carbocycles. The van der Waals surface area contributed by atoms with Gasteiger partial charge in [0.15, 0.2) is 11.6 Å². The van der Waals surface area contributed by atoms with E-state index in [0.29, 0.717) is 12.3 Å². The highest BCUT2D eigenvalue weighted by molar-refractivity contribution is 5.70. The Morgan fingerprint density at radius 2 is 1.58 bits per heavy atom. The third-order valence-electron chi connectivity index (χ3n) is 9.97. The quantitative estimate of drug-likeness (QED) is 0.221. The molecule has 268 valence electrons. The highest BCUT2D eigenvalue weighted by Gasteiger charge is 2.32. The van der Waals surface area contributed by atoms with E-state index >= 15 is 0 Å². The van der Waals surface area contributed by atoms with Crippen LogP contribution in [0.1, 0.15) is 117 Å². The van der Waals surface area contributed by atoms with E-state index < -0.39 is 17.6 Å². The summed E-state index contributed by atoms with van der Waals surface area (Å²) in [5, 5.41) is 13.5. The van der Waals surface area contributed by atoms with Gasteiger partial charge in [0.2, 0.25) is 0 Å². The van der Waals surface area contributed by atoms with Crippen LogP contribution in [0.3, 0.4) is 0 Å². The predicted molar refractivity (Wildman–Crippen MR) is 195 cm³/mol. The van der Waals surface area contributed by atoms with Gasteiger partial charge in [-0.3, -0.25) is 9.48 Å². The maximum atomic E-state index is 13.5. The molecule has 5 nitrogen and oxygen atoms in total. The summed E-state index contributed by atoms with van der Waals surface area (Å²) in [7, 11) is 0. The summed E-state index contributed by atoms with van der Waals surface area (Å²) in [6.45, 7) is 17.4. The molecule has 0 amide bonds. The minimum Gasteiger partial charge on any atom is -0.481 e. The zero-order chi connectivity index (χ0) is 34.3. The van der Waals surface area contributed by atoms with E-state index in [1.807, 2.05) is 50.2 Å². The van der Waals surface area contributed by atoms with Crippen molar-refractivity contribution in [2.75, 3.05) is 19.6 Å². The van der Waals surface area contributed by atoms with E-state index in [4.69, 9.17) is 10.2 Å². The third kappa shape index (κ3) is 13.1. The first-order valence-corrected chi connectivity index (χ1v) is 18.0. The summed E-state index contributed by atoms with van der Waals surface area (Å²) in [5.41, 5.74) is 3.00. The second-order valence-electron chi connectivity index (χ2n) is 14.2. The number of benzene rings is 2. The van der Waals surface area contributed by atoms with Gasteiger partial charge in [-0.15, -0.1) is 0 Å².